The van der Waals surface area contributed by atoms with Gasteiger partial charge >= 0.3 is 11.9 Å². The zero-order valence-corrected chi connectivity index (χ0v) is 8.67. The molecule has 0 saturated heterocycles. The number of nitrogens with zero attached hydrogens (tertiary/aromatic N) is 1. The largest absolute Gasteiger partial charge is 0.479 e. The number of carbonyl (C=O) groups is 2. The van der Waals surface area contributed by atoms with E-state index in [-0.39, 0.29) is 24.7 Å². The van der Waals surface area contributed by atoms with Gasteiger partial charge in [-0.2, -0.15) is 0 Å². The van der Waals surface area contributed by atoms with E-state index in [4.69, 9.17) is 9.84 Å². The molecule has 0 radical (unpaired) electrons. The third kappa shape index (κ3) is 3.23. The third-order valence-electron chi connectivity index (χ3n) is 1.62. The zero-order chi connectivity index (χ0) is 12.0. The molecule has 0 aliphatic rings. The Labute approximate surface area is 91.8 Å². The second-order valence-corrected chi connectivity index (χ2v) is 2.75. The fraction of sp³-hybridized carbons (Fsp3) is 0.300. The molecule has 0 atom stereocenters. The molecule has 0 unspecified atom stereocenters. The number of ether oxygens (including phenoxy) is 2. The number of pyridine rings is 1. The molecule has 6 heteroatoms. The summed E-state index contributed by atoms with van der Waals surface area (Å²) in [6.07, 6.45) is 1.33. The lowest BCUT2D eigenvalue weighted by atomic mass is 10.3. The molecule has 0 saturated carbocycles. The van der Waals surface area contributed by atoms with Crippen molar-refractivity contribution in [3.05, 3.63) is 24.0 Å². The Balaban J connectivity index is 2.66. The minimum atomic E-state index is -1.21. The monoisotopic (exact) mass is 225 g/mol. The summed E-state index contributed by atoms with van der Waals surface area (Å²) in [6, 6.07) is 2.95. The van der Waals surface area contributed by atoms with Gasteiger partial charge in [-0.05, 0) is 19.1 Å². The Hall–Kier alpha value is -2.11. The third-order valence-corrected chi connectivity index (χ3v) is 1.62. The number of hydrogen-bond donors (Lipinski definition) is 1. The first-order valence-electron chi connectivity index (χ1n) is 4.62. The van der Waals surface area contributed by atoms with Gasteiger partial charge < -0.3 is 14.6 Å². The van der Waals surface area contributed by atoms with E-state index in [1.54, 1.807) is 6.92 Å². The molecule has 1 heterocycles. The second kappa shape index (κ2) is 5.69. The number of carbonyl (C=O) groups excluding carboxylic acids is 1. The molecule has 0 aliphatic carbocycles. The van der Waals surface area contributed by atoms with Crippen molar-refractivity contribution in [3.8, 4) is 5.75 Å². The number of esters is 1. The van der Waals surface area contributed by atoms with Gasteiger partial charge in [-0.25, -0.2) is 14.6 Å². The number of rotatable bonds is 5. The molecule has 0 aliphatic heterocycles. The summed E-state index contributed by atoms with van der Waals surface area (Å²) in [5.74, 6) is -1.72. The summed E-state index contributed by atoms with van der Waals surface area (Å²) in [7, 11) is 0. The topological polar surface area (TPSA) is 85.7 Å². The number of hydrogen-bond acceptors (Lipinski definition) is 5. The van der Waals surface area contributed by atoms with Gasteiger partial charge in [-0.1, -0.05) is 0 Å². The molecule has 0 aromatic carbocycles. The first-order chi connectivity index (χ1) is 7.65. The van der Waals surface area contributed by atoms with Gasteiger partial charge in [0, 0.05) is 6.20 Å². The Bertz CT molecular complexity index is 391. The highest BCUT2D eigenvalue weighted by Crippen LogP contribution is 2.14. The summed E-state index contributed by atoms with van der Waals surface area (Å²) >= 11 is 0. The Kier molecular flexibility index (Phi) is 4.26. The van der Waals surface area contributed by atoms with E-state index >= 15 is 0 Å². The Morgan fingerprint density at radius 2 is 2.25 bits per heavy atom. The van der Waals surface area contributed by atoms with Crippen molar-refractivity contribution >= 4 is 11.9 Å². The van der Waals surface area contributed by atoms with Crippen LogP contribution in [-0.4, -0.2) is 35.2 Å². The standard InChI is InChI=1S/C10H11NO5/c1-2-15-8(12)6-16-7-4-3-5-11-9(7)10(13)14/h3-5H,2,6H2,1H3,(H,13,14). The fourth-order valence-electron chi connectivity index (χ4n) is 1.01. The maximum absolute atomic E-state index is 11.0. The van der Waals surface area contributed by atoms with E-state index in [0.717, 1.165) is 0 Å². The van der Waals surface area contributed by atoms with Gasteiger partial charge in [-0.15, -0.1) is 0 Å². The first-order valence-corrected chi connectivity index (χ1v) is 4.62. The highest BCUT2D eigenvalue weighted by molar-refractivity contribution is 5.88. The zero-order valence-electron chi connectivity index (χ0n) is 8.67. The van der Waals surface area contributed by atoms with Crippen molar-refractivity contribution in [3.63, 3.8) is 0 Å². The average Bonchev–Trinajstić information content (AvgIpc) is 2.27. The molecule has 86 valence electrons. The van der Waals surface area contributed by atoms with Crippen LogP contribution in [0.1, 0.15) is 17.4 Å². The van der Waals surface area contributed by atoms with E-state index in [1.165, 1.54) is 18.3 Å². The van der Waals surface area contributed by atoms with E-state index in [0.29, 0.717) is 0 Å². The van der Waals surface area contributed by atoms with Crippen LogP contribution in [0.15, 0.2) is 18.3 Å². The van der Waals surface area contributed by atoms with Crippen LogP contribution in [0.25, 0.3) is 0 Å². The molecule has 1 aromatic heterocycles. The van der Waals surface area contributed by atoms with Crippen LogP contribution in [0, 0.1) is 0 Å². The van der Waals surface area contributed by atoms with Gasteiger partial charge in [0.2, 0.25) is 0 Å². The van der Waals surface area contributed by atoms with Crippen molar-refractivity contribution < 1.29 is 24.2 Å². The lowest BCUT2D eigenvalue weighted by molar-refractivity contribution is -0.145. The molecule has 1 N–H and O–H groups in total. The van der Waals surface area contributed by atoms with E-state index in [1.807, 2.05) is 0 Å². The summed E-state index contributed by atoms with van der Waals surface area (Å²) in [4.78, 5) is 25.3. The van der Waals surface area contributed by atoms with Crippen molar-refractivity contribution in [2.24, 2.45) is 0 Å². The minimum Gasteiger partial charge on any atom is -0.479 e. The molecule has 1 aromatic rings. The molecular formula is C10H11NO5. The molecule has 16 heavy (non-hydrogen) atoms. The molecule has 6 nitrogen and oxygen atoms in total. The molecular weight excluding hydrogens is 214 g/mol. The number of aromatic nitrogens is 1. The minimum absolute atomic E-state index is 0.0445. The van der Waals surface area contributed by atoms with Crippen molar-refractivity contribution in [2.75, 3.05) is 13.2 Å². The van der Waals surface area contributed by atoms with Crippen molar-refractivity contribution in [2.45, 2.75) is 6.92 Å². The summed E-state index contributed by atoms with van der Waals surface area (Å²) in [5, 5.41) is 8.78. The van der Waals surface area contributed by atoms with Crippen LogP contribution in [-0.2, 0) is 9.53 Å². The summed E-state index contributed by atoms with van der Waals surface area (Å²) in [6.45, 7) is 1.59. The fourth-order valence-corrected chi connectivity index (χ4v) is 1.01. The van der Waals surface area contributed by atoms with Crippen molar-refractivity contribution in [1.29, 1.82) is 0 Å². The Morgan fingerprint density at radius 3 is 2.88 bits per heavy atom. The maximum atomic E-state index is 11.0. The van der Waals surface area contributed by atoms with Gasteiger partial charge in [-0.3, -0.25) is 0 Å². The van der Waals surface area contributed by atoms with Gasteiger partial charge in [0.15, 0.2) is 18.1 Å². The van der Waals surface area contributed by atoms with Crippen LogP contribution in [0.4, 0.5) is 0 Å². The van der Waals surface area contributed by atoms with E-state index < -0.39 is 11.9 Å². The average molecular weight is 225 g/mol. The van der Waals surface area contributed by atoms with Crippen molar-refractivity contribution in [1.82, 2.24) is 4.98 Å². The highest BCUT2D eigenvalue weighted by atomic mass is 16.6. The van der Waals surface area contributed by atoms with Gasteiger partial charge in [0.25, 0.3) is 0 Å². The quantitative estimate of drug-likeness (QED) is 0.743. The van der Waals surface area contributed by atoms with E-state index in [9.17, 15) is 9.59 Å². The van der Waals surface area contributed by atoms with Crippen LogP contribution in [0.2, 0.25) is 0 Å². The SMILES string of the molecule is CCOC(=O)COc1cccnc1C(=O)O. The lowest BCUT2D eigenvalue weighted by Gasteiger charge is -2.07. The van der Waals surface area contributed by atoms with E-state index in [2.05, 4.69) is 9.72 Å². The normalized spacial score (nSPS) is 9.56. The van der Waals surface area contributed by atoms with Crippen LogP contribution >= 0.6 is 0 Å². The molecule has 0 spiro atoms. The molecule has 0 amide bonds. The van der Waals surface area contributed by atoms with Gasteiger partial charge in [0.1, 0.15) is 0 Å². The summed E-state index contributed by atoms with van der Waals surface area (Å²) in [5.41, 5.74) is -0.230. The number of carboxylic acid groups (broad SMARTS) is 1. The lowest BCUT2D eigenvalue weighted by Crippen LogP contribution is -2.16. The maximum Gasteiger partial charge on any atom is 0.358 e. The highest BCUT2D eigenvalue weighted by Gasteiger charge is 2.13. The number of aromatic carboxylic acids is 1. The smallest absolute Gasteiger partial charge is 0.358 e. The predicted molar refractivity (Wildman–Crippen MR) is 53.3 cm³/mol. The number of carboxylic acids is 1. The van der Waals surface area contributed by atoms with Crippen LogP contribution in [0.3, 0.4) is 0 Å². The predicted octanol–water partition coefficient (Wildman–Crippen LogP) is 0.722. The molecule has 0 fully saturated rings. The first kappa shape index (κ1) is 12.0. The summed E-state index contributed by atoms with van der Waals surface area (Å²) < 4.78 is 9.63. The van der Waals surface area contributed by atoms with Gasteiger partial charge in [0.05, 0.1) is 6.61 Å². The molecule has 1 rings (SSSR count). The van der Waals surface area contributed by atoms with Crippen LogP contribution in [0.5, 0.6) is 5.75 Å². The molecule has 0 bridgehead atoms. The van der Waals surface area contributed by atoms with Crippen LogP contribution < -0.4 is 4.74 Å². The Morgan fingerprint density at radius 1 is 1.50 bits per heavy atom. The second-order valence-electron chi connectivity index (χ2n) is 2.75.